The van der Waals surface area contributed by atoms with Crippen molar-refractivity contribution in [1.82, 2.24) is 5.32 Å². The molecule has 0 atom stereocenters. The second kappa shape index (κ2) is 8.61. The lowest BCUT2D eigenvalue weighted by atomic mass is 9.78. The third kappa shape index (κ3) is 6.21. The zero-order valence-electron chi connectivity index (χ0n) is 18.0. The van der Waals surface area contributed by atoms with Crippen molar-refractivity contribution in [1.29, 1.82) is 0 Å². The van der Waals surface area contributed by atoms with Gasteiger partial charge in [0.2, 0.25) is 0 Å². The Balaban J connectivity index is 0.00000176. The van der Waals surface area contributed by atoms with E-state index in [4.69, 9.17) is 14.0 Å². The van der Waals surface area contributed by atoms with Gasteiger partial charge in [-0.2, -0.15) is 0 Å². The van der Waals surface area contributed by atoms with Gasteiger partial charge in [0.05, 0.1) is 11.2 Å². The molecule has 1 fully saturated rings. The lowest BCUT2D eigenvalue weighted by Crippen LogP contribution is -2.41. The molecule has 1 aromatic rings. The van der Waals surface area contributed by atoms with Gasteiger partial charge in [-0.3, -0.25) is 0 Å². The number of hydrogen-bond donors (Lipinski definition) is 1. The molecule has 1 aliphatic rings. The average molecular weight is 381 g/mol. The van der Waals surface area contributed by atoms with Crippen LogP contribution in [0.15, 0.2) is 18.2 Å². The van der Waals surface area contributed by atoms with Crippen molar-refractivity contribution in [3.63, 3.8) is 0 Å². The Morgan fingerprint density at radius 3 is 2.11 bits per heavy atom. The van der Waals surface area contributed by atoms with E-state index in [0.717, 1.165) is 0 Å². The van der Waals surface area contributed by atoms with E-state index in [1.165, 1.54) is 6.07 Å². The Kier molecular flexibility index (Phi) is 7.48. The zero-order chi connectivity index (χ0) is 21.0. The first-order valence-electron chi connectivity index (χ1n) is 9.41. The number of alkyl carbamates (subject to hydrolysis) is 1. The van der Waals surface area contributed by atoms with Gasteiger partial charge in [0.15, 0.2) is 0 Å². The molecule has 27 heavy (non-hydrogen) atoms. The molecule has 2 rings (SSSR count). The van der Waals surface area contributed by atoms with Crippen LogP contribution in [0.4, 0.5) is 9.18 Å². The fourth-order valence-electron chi connectivity index (χ4n) is 2.31. The molecule has 1 aliphatic heterocycles. The highest BCUT2D eigenvalue weighted by molar-refractivity contribution is 6.62. The number of amides is 1. The third-order valence-electron chi connectivity index (χ3n) is 4.42. The number of carbonyl (C=O) groups excluding carboxylic acids is 1. The molecular weight excluding hydrogens is 348 g/mol. The van der Waals surface area contributed by atoms with Crippen molar-refractivity contribution in [3.8, 4) is 0 Å². The highest BCUT2D eigenvalue weighted by Crippen LogP contribution is 2.36. The van der Waals surface area contributed by atoms with Crippen molar-refractivity contribution < 1.29 is 23.2 Å². The average Bonchev–Trinajstić information content (AvgIpc) is 2.74. The van der Waals surface area contributed by atoms with Gasteiger partial charge in [-0.1, -0.05) is 26.0 Å². The van der Waals surface area contributed by atoms with Gasteiger partial charge in [0.25, 0.3) is 0 Å². The van der Waals surface area contributed by atoms with Crippen LogP contribution in [-0.2, 0) is 20.6 Å². The molecule has 1 amide bonds. The third-order valence-corrected chi connectivity index (χ3v) is 4.42. The van der Waals surface area contributed by atoms with Crippen molar-refractivity contribution in [2.45, 2.75) is 85.7 Å². The summed E-state index contributed by atoms with van der Waals surface area (Å²) in [6, 6.07) is 4.75. The van der Waals surface area contributed by atoms with Gasteiger partial charge in [-0.05, 0) is 60.0 Å². The molecule has 0 bridgehead atoms. The van der Waals surface area contributed by atoms with E-state index in [-0.39, 0.29) is 6.54 Å². The largest absolute Gasteiger partial charge is 0.494 e. The minimum absolute atomic E-state index is 0.0460. The zero-order valence-corrected chi connectivity index (χ0v) is 18.0. The minimum Gasteiger partial charge on any atom is -0.444 e. The number of carbonyl (C=O) groups is 1. The number of halogens is 1. The van der Waals surface area contributed by atoms with Gasteiger partial charge < -0.3 is 19.4 Å². The molecule has 0 unspecified atom stereocenters. The van der Waals surface area contributed by atoms with E-state index in [1.54, 1.807) is 32.9 Å². The highest BCUT2D eigenvalue weighted by atomic mass is 19.1. The first-order valence-corrected chi connectivity index (χ1v) is 9.41. The SMILES string of the molecule is CC.CC(C)(C)OC(=O)NCc1ccc(B2OC(C)(C)C(C)(C)O2)cc1F. The Hall–Kier alpha value is -1.60. The van der Waals surface area contributed by atoms with Crippen LogP contribution < -0.4 is 10.8 Å². The van der Waals surface area contributed by atoms with Crippen LogP contribution in [0.1, 0.15) is 67.9 Å². The number of rotatable bonds is 3. The number of ether oxygens (including phenoxy) is 1. The predicted octanol–water partition coefficient (Wildman–Crippen LogP) is 4.18. The van der Waals surface area contributed by atoms with Crippen LogP contribution in [0.5, 0.6) is 0 Å². The van der Waals surface area contributed by atoms with Crippen LogP contribution >= 0.6 is 0 Å². The molecule has 1 N–H and O–H groups in total. The van der Waals surface area contributed by atoms with E-state index in [2.05, 4.69) is 5.32 Å². The molecular formula is C20H33BFNO4. The number of nitrogens with one attached hydrogen (secondary N) is 1. The molecule has 0 aromatic heterocycles. The first-order chi connectivity index (χ1) is 12.3. The predicted molar refractivity (Wildman–Crippen MR) is 107 cm³/mol. The normalized spacial score (nSPS) is 17.8. The second-order valence-corrected chi connectivity index (χ2v) is 8.29. The molecule has 5 nitrogen and oxygen atoms in total. The first kappa shape index (κ1) is 23.4. The quantitative estimate of drug-likeness (QED) is 0.799. The Morgan fingerprint density at radius 1 is 1.15 bits per heavy atom. The van der Waals surface area contributed by atoms with Gasteiger partial charge in [0.1, 0.15) is 11.4 Å². The lowest BCUT2D eigenvalue weighted by molar-refractivity contribution is 0.00578. The molecule has 0 radical (unpaired) electrons. The molecule has 7 heteroatoms. The summed E-state index contributed by atoms with van der Waals surface area (Å²) in [6.45, 7) is 17.1. The molecule has 1 aromatic carbocycles. The van der Waals surface area contributed by atoms with E-state index >= 15 is 0 Å². The minimum atomic E-state index is -0.618. The standard InChI is InChI=1S/C18H27BFNO4.C2H6/c1-16(2,3)23-15(22)21-11-12-8-9-13(10-14(12)20)19-24-17(4,5)18(6,7)25-19;1-2/h8-10H,11H2,1-7H3,(H,21,22);1-2H3. The highest BCUT2D eigenvalue weighted by Gasteiger charge is 2.51. The summed E-state index contributed by atoms with van der Waals surface area (Å²) >= 11 is 0. The van der Waals surface area contributed by atoms with E-state index in [9.17, 15) is 9.18 Å². The second-order valence-electron chi connectivity index (χ2n) is 8.29. The van der Waals surface area contributed by atoms with Crippen molar-refractivity contribution >= 4 is 18.7 Å². The maximum absolute atomic E-state index is 14.4. The summed E-state index contributed by atoms with van der Waals surface area (Å²) < 4.78 is 31.4. The topological polar surface area (TPSA) is 56.8 Å². The van der Waals surface area contributed by atoms with E-state index in [0.29, 0.717) is 11.0 Å². The molecule has 0 aliphatic carbocycles. The van der Waals surface area contributed by atoms with Crippen molar-refractivity contribution in [2.24, 2.45) is 0 Å². The molecule has 1 saturated heterocycles. The molecule has 152 valence electrons. The summed E-state index contributed by atoms with van der Waals surface area (Å²) in [6.07, 6.45) is -0.582. The summed E-state index contributed by atoms with van der Waals surface area (Å²) in [5, 5.41) is 2.55. The monoisotopic (exact) mass is 381 g/mol. The van der Waals surface area contributed by atoms with Crippen LogP contribution in [0, 0.1) is 5.82 Å². The van der Waals surface area contributed by atoms with E-state index in [1.807, 2.05) is 41.5 Å². The molecule has 1 heterocycles. The van der Waals surface area contributed by atoms with Crippen LogP contribution in [0.2, 0.25) is 0 Å². The summed E-state index contributed by atoms with van der Waals surface area (Å²) in [7, 11) is -0.618. The lowest BCUT2D eigenvalue weighted by Gasteiger charge is -2.32. The summed E-state index contributed by atoms with van der Waals surface area (Å²) in [4.78, 5) is 11.7. The fraction of sp³-hybridized carbons (Fsp3) is 0.650. The summed E-state index contributed by atoms with van der Waals surface area (Å²) in [5.74, 6) is -0.428. The van der Waals surface area contributed by atoms with Gasteiger partial charge in [-0.25, -0.2) is 9.18 Å². The van der Waals surface area contributed by atoms with Gasteiger partial charge in [0, 0.05) is 12.1 Å². The van der Waals surface area contributed by atoms with Crippen LogP contribution in [-0.4, -0.2) is 30.0 Å². The number of hydrogen-bond acceptors (Lipinski definition) is 4. The van der Waals surface area contributed by atoms with Gasteiger partial charge >= 0.3 is 13.2 Å². The van der Waals surface area contributed by atoms with E-state index < -0.39 is 35.8 Å². The Morgan fingerprint density at radius 2 is 1.67 bits per heavy atom. The molecule has 0 spiro atoms. The van der Waals surface area contributed by atoms with Crippen molar-refractivity contribution in [2.75, 3.05) is 0 Å². The van der Waals surface area contributed by atoms with Crippen LogP contribution in [0.25, 0.3) is 0 Å². The fourth-order valence-corrected chi connectivity index (χ4v) is 2.31. The maximum Gasteiger partial charge on any atom is 0.494 e. The maximum atomic E-state index is 14.4. The Bertz CT molecular complexity index is 640. The van der Waals surface area contributed by atoms with Crippen LogP contribution in [0.3, 0.4) is 0 Å². The summed E-state index contributed by atoms with van der Waals surface area (Å²) in [5.41, 5.74) is -0.581. The smallest absolute Gasteiger partial charge is 0.444 e. The molecule has 0 saturated carbocycles. The Labute approximate surface area is 163 Å². The van der Waals surface area contributed by atoms with Gasteiger partial charge in [-0.15, -0.1) is 0 Å². The van der Waals surface area contributed by atoms with Crippen molar-refractivity contribution in [3.05, 3.63) is 29.6 Å². The number of benzene rings is 1.